The number of nitrogens with two attached hydrogens (primary N) is 1. The van der Waals surface area contributed by atoms with Gasteiger partial charge in [0.25, 0.3) is 5.91 Å². The first-order valence-corrected chi connectivity index (χ1v) is 15.1. The minimum absolute atomic E-state index is 0.0363. The van der Waals surface area contributed by atoms with Gasteiger partial charge in [-0.05, 0) is 68.9 Å². The molecule has 234 valence electrons. The van der Waals surface area contributed by atoms with E-state index in [9.17, 15) is 42.6 Å². The number of carboxylic acids is 2. The van der Waals surface area contributed by atoms with E-state index in [2.05, 4.69) is 21.3 Å². The van der Waals surface area contributed by atoms with Crippen LogP contribution in [0.3, 0.4) is 0 Å². The third kappa shape index (κ3) is 12.9. The van der Waals surface area contributed by atoms with Gasteiger partial charge >= 0.3 is 18.0 Å². The molecule has 0 fully saturated rings. The molecule has 0 aliphatic heterocycles. The van der Waals surface area contributed by atoms with E-state index in [4.69, 9.17) is 5.14 Å². The number of sulfonamides is 1. The molecule has 0 bridgehead atoms. The van der Waals surface area contributed by atoms with E-state index in [0.717, 1.165) is 11.1 Å². The lowest BCUT2D eigenvalue weighted by atomic mass is 10.1. The number of benzene rings is 2. The van der Waals surface area contributed by atoms with Crippen molar-refractivity contribution in [3.8, 4) is 0 Å². The molecule has 2 rings (SSSR count). The smallest absolute Gasteiger partial charge is 0.326 e. The Labute approximate surface area is 249 Å². The van der Waals surface area contributed by atoms with Crippen molar-refractivity contribution in [2.75, 3.05) is 13.1 Å². The van der Waals surface area contributed by atoms with Gasteiger partial charge in [0.05, 0.1) is 4.90 Å². The van der Waals surface area contributed by atoms with Crippen molar-refractivity contribution >= 4 is 39.8 Å². The van der Waals surface area contributed by atoms with Gasteiger partial charge in [-0.1, -0.05) is 29.8 Å². The predicted molar refractivity (Wildman–Crippen MR) is 156 cm³/mol. The van der Waals surface area contributed by atoms with Crippen molar-refractivity contribution in [3.05, 3.63) is 65.2 Å². The molecule has 0 heterocycles. The van der Waals surface area contributed by atoms with Crippen LogP contribution in [0.15, 0.2) is 53.4 Å². The Hall–Kier alpha value is -4.50. The second kappa shape index (κ2) is 16.8. The summed E-state index contributed by atoms with van der Waals surface area (Å²) in [6.45, 7) is 2.38. The molecule has 0 saturated heterocycles. The van der Waals surface area contributed by atoms with E-state index in [1.807, 2.05) is 13.0 Å². The standard InChI is InChI=1S/C28H37N5O9S/c1-18-5-4-6-20(17-18)25(35)31-15-3-2-7-22(26(36)37)32-28(40)33-23(27(38)39)12-13-24(34)30-16-14-19-8-10-21(11-9-19)43(29,41)42/h4-6,8-11,17,22-23H,2-3,7,12-16H2,1H3,(H,30,34)(H,31,35)(H,36,37)(H,38,39)(H2,29,41,42)(H2,32,33,40)/t22-,23-/m0/s1. The fourth-order valence-corrected chi connectivity index (χ4v) is 4.51. The van der Waals surface area contributed by atoms with Crippen LogP contribution in [0.5, 0.6) is 0 Å². The molecule has 2 aromatic rings. The Bertz CT molecular complexity index is 1400. The first-order chi connectivity index (χ1) is 20.3. The number of primary sulfonamides is 1. The van der Waals surface area contributed by atoms with Gasteiger partial charge in [0.1, 0.15) is 12.1 Å². The maximum atomic E-state index is 12.3. The van der Waals surface area contributed by atoms with Crippen molar-refractivity contribution in [3.63, 3.8) is 0 Å². The molecule has 2 atom stereocenters. The van der Waals surface area contributed by atoms with Crippen LogP contribution < -0.4 is 26.4 Å². The fourth-order valence-electron chi connectivity index (χ4n) is 3.99. The molecule has 0 aromatic heterocycles. The topological polar surface area (TPSA) is 234 Å². The van der Waals surface area contributed by atoms with Gasteiger partial charge in [0, 0.05) is 25.1 Å². The quantitative estimate of drug-likeness (QED) is 0.124. The monoisotopic (exact) mass is 619 g/mol. The van der Waals surface area contributed by atoms with Crippen LogP contribution in [0.4, 0.5) is 4.79 Å². The van der Waals surface area contributed by atoms with Gasteiger partial charge < -0.3 is 31.5 Å². The van der Waals surface area contributed by atoms with E-state index < -0.39 is 46.0 Å². The average molecular weight is 620 g/mol. The zero-order valence-electron chi connectivity index (χ0n) is 23.7. The van der Waals surface area contributed by atoms with Crippen molar-refractivity contribution < 1.29 is 42.6 Å². The highest BCUT2D eigenvalue weighted by Gasteiger charge is 2.25. The molecule has 43 heavy (non-hydrogen) atoms. The van der Waals surface area contributed by atoms with E-state index in [0.29, 0.717) is 31.4 Å². The third-order valence-corrected chi connectivity index (χ3v) is 7.27. The Kier molecular flexibility index (Phi) is 13.6. The van der Waals surface area contributed by atoms with Crippen molar-refractivity contribution in [1.82, 2.24) is 21.3 Å². The highest BCUT2D eigenvalue weighted by molar-refractivity contribution is 7.89. The number of aliphatic carboxylic acids is 2. The second-order valence-electron chi connectivity index (χ2n) is 9.85. The molecule has 15 heteroatoms. The summed E-state index contributed by atoms with van der Waals surface area (Å²) in [7, 11) is -3.81. The molecular formula is C28H37N5O9S. The molecule has 0 unspecified atom stereocenters. The lowest BCUT2D eigenvalue weighted by molar-refractivity contribution is -0.139. The molecule has 0 aliphatic carbocycles. The number of carbonyl (C=O) groups is 5. The van der Waals surface area contributed by atoms with Gasteiger partial charge in [0.2, 0.25) is 15.9 Å². The minimum atomic E-state index is -3.81. The van der Waals surface area contributed by atoms with Crippen LogP contribution in [0.1, 0.15) is 53.6 Å². The summed E-state index contributed by atoms with van der Waals surface area (Å²) >= 11 is 0. The summed E-state index contributed by atoms with van der Waals surface area (Å²) in [5.41, 5.74) is 2.21. The number of carboxylic acid groups (broad SMARTS) is 2. The SMILES string of the molecule is Cc1cccc(C(=O)NCCCC[C@H](NC(=O)N[C@@H](CCC(=O)NCCc2ccc(S(N)(=O)=O)cc2)C(=O)O)C(=O)O)c1. The number of urea groups is 1. The molecule has 0 radical (unpaired) electrons. The van der Waals surface area contributed by atoms with E-state index in [1.165, 1.54) is 12.1 Å². The summed E-state index contributed by atoms with van der Waals surface area (Å²) in [6.07, 6.45) is 0.792. The molecule has 2 aromatic carbocycles. The molecule has 0 saturated carbocycles. The second-order valence-corrected chi connectivity index (χ2v) is 11.4. The maximum absolute atomic E-state index is 12.3. The summed E-state index contributed by atoms with van der Waals surface area (Å²) < 4.78 is 22.6. The van der Waals surface area contributed by atoms with Gasteiger partial charge in [-0.2, -0.15) is 0 Å². The zero-order valence-corrected chi connectivity index (χ0v) is 24.5. The third-order valence-electron chi connectivity index (χ3n) is 6.34. The highest BCUT2D eigenvalue weighted by atomic mass is 32.2. The van der Waals surface area contributed by atoms with Crippen molar-refractivity contribution in [2.24, 2.45) is 5.14 Å². The van der Waals surface area contributed by atoms with Crippen LogP contribution in [-0.4, -0.2) is 73.6 Å². The molecule has 4 amide bonds. The van der Waals surface area contributed by atoms with Crippen molar-refractivity contribution in [1.29, 1.82) is 0 Å². The summed E-state index contributed by atoms with van der Waals surface area (Å²) in [6, 6.07) is 9.16. The number of hydrogen-bond acceptors (Lipinski definition) is 7. The first kappa shape index (κ1) is 34.7. The predicted octanol–water partition coefficient (Wildman–Crippen LogP) is 0.887. The molecular weight excluding hydrogens is 582 g/mol. The first-order valence-electron chi connectivity index (χ1n) is 13.5. The highest BCUT2D eigenvalue weighted by Crippen LogP contribution is 2.09. The lowest BCUT2D eigenvalue weighted by Gasteiger charge is -2.18. The molecule has 0 spiro atoms. The Morgan fingerprint density at radius 3 is 2.05 bits per heavy atom. The van der Waals surface area contributed by atoms with E-state index in [1.54, 1.807) is 30.3 Å². The molecule has 14 nitrogen and oxygen atoms in total. The molecule has 0 aliphatic rings. The maximum Gasteiger partial charge on any atom is 0.326 e. The van der Waals surface area contributed by atoms with E-state index >= 15 is 0 Å². The van der Waals surface area contributed by atoms with Gasteiger partial charge in [-0.25, -0.2) is 27.9 Å². The largest absolute Gasteiger partial charge is 0.480 e. The fraction of sp³-hybridized carbons (Fsp3) is 0.393. The molecule has 8 N–H and O–H groups in total. The van der Waals surface area contributed by atoms with Crippen LogP contribution in [0.25, 0.3) is 0 Å². The number of aryl methyl sites for hydroxylation is 1. The summed E-state index contributed by atoms with van der Waals surface area (Å²) in [5.74, 6) is -3.41. The number of hydrogen-bond donors (Lipinski definition) is 7. The zero-order chi connectivity index (χ0) is 32.0. The number of carbonyl (C=O) groups excluding carboxylic acids is 3. The number of unbranched alkanes of at least 4 members (excludes halogenated alkanes) is 1. The van der Waals surface area contributed by atoms with Gasteiger partial charge in [0.15, 0.2) is 0 Å². The average Bonchev–Trinajstić information content (AvgIpc) is 2.93. The van der Waals surface area contributed by atoms with Crippen LogP contribution in [-0.2, 0) is 30.8 Å². The van der Waals surface area contributed by atoms with Crippen molar-refractivity contribution in [2.45, 2.75) is 62.4 Å². The Morgan fingerprint density at radius 2 is 1.47 bits per heavy atom. The Morgan fingerprint density at radius 1 is 0.837 bits per heavy atom. The van der Waals surface area contributed by atoms with Gasteiger partial charge in [-0.3, -0.25) is 9.59 Å². The van der Waals surface area contributed by atoms with E-state index in [-0.39, 0.29) is 36.6 Å². The normalized spacial score (nSPS) is 12.4. The Balaban J connectivity index is 1.72. The summed E-state index contributed by atoms with van der Waals surface area (Å²) in [5, 5.41) is 33.8. The van der Waals surface area contributed by atoms with Gasteiger partial charge in [-0.15, -0.1) is 0 Å². The number of nitrogens with one attached hydrogen (secondary N) is 4. The summed E-state index contributed by atoms with van der Waals surface area (Å²) in [4.78, 5) is 59.9. The number of rotatable bonds is 17. The van der Waals surface area contributed by atoms with Crippen LogP contribution in [0, 0.1) is 6.92 Å². The van der Waals surface area contributed by atoms with Crippen LogP contribution in [0.2, 0.25) is 0 Å². The minimum Gasteiger partial charge on any atom is -0.480 e. The van der Waals surface area contributed by atoms with Crippen LogP contribution >= 0.6 is 0 Å². The lowest BCUT2D eigenvalue weighted by Crippen LogP contribution is -2.51. The number of amides is 4.